The molecule has 0 spiro atoms. The van der Waals surface area contributed by atoms with Gasteiger partial charge in [0.1, 0.15) is 0 Å². The topological polar surface area (TPSA) is 44.4 Å². The highest BCUT2D eigenvalue weighted by atomic mass is 16.2. The lowest BCUT2D eigenvalue weighted by Gasteiger charge is -2.32. The summed E-state index contributed by atoms with van der Waals surface area (Å²) in [6.07, 6.45) is 2.05. The summed E-state index contributed by atoms with van der Waals surface area (Å²) < 4.78 is 0. The number of carbonyl (C=O) groups excluding carboxylic acids is 1. The number of nitrogens with one attached hydrogen (secondary N) is 2. The first-order chi connectivity index (χ1) is 9.17. The Bertz CT molecular complexity index is 425. The Morgan fingerprint density at radius 1 is 1.37 bits per heavy atom. The third-order valence-electron chi connectivity index (χ3n) is 3.64. The molecule has 1 aliphatic rings. The van der Waals surface area contributed by atoms with Crippen LogP contribution in [0.1, 0.15) is 24.0 Å². The van der Waals surface area contributed by atoms with E-state index in [1.807, 2.05) is 0 Å². The van der Waals surface area contributed by atoms with Crippen LogP contribution in [-0.2, 0) is 6.54 Å². The second kappa shape index (κ2) is 6.57. The second-order valence-corrected chi connectivity index (χ2v) is 5.26. The molecule has 2 amide bonds. The summed E-state index contributed by atoms with van der Waals surface area (Å²) in [7, 11) is 1.65. The van der Waals surface area contributed by atoms with Crippen LogP contribution in [0, 0.1) is 6.92 Å². The van der Waals surface area contributed by atoms with Crippen molar-refractivity contribution in [1.29, 1.82) is 0 Å². The van der Waals surface area contributed by atoms with Gasteiger partial charge in [-0.15, -0.1) is 0 Å². The van der Waals surface area contributed by atoms with Gasteiger partial charge in [0.25, 0.3) is 0 Å². The van der Waals surface area contributed by atoms with E-state index in [4.69, 9.17) is 0 Å². The lowest BCUT2D eigenvalue weighted by Crippen LogP contribution is -2.46. The van der Waals surface area contributed by atoms with Gasteiger partial charge in [0.2, 0.25) is 0 Å². The Balaban J connectivity index is 1.79. The lowest BCUT2D eigenvalue weighted by atomic mass is 10.0. The Morgan fingerprint density at radius 2 is 2.11 bits per heavy atom. The van der Waals surface area contributed by atoms with Crippen molar-refractivity contribution in [1.82, 2.24) is 15.5 Å². The third kappa shape index (κ3) is 4.24. The first-order valence-corrected chi connectivity index (χ1v) is 6.93. The zero-order chi connectivity index (χ0) is 13.7. The van der Waals surface area contributed by atoms with E-state index in [9.17, 15) is 4.79 Å². The molecule has 4 nitrogen and oxygen atoms in total. The zero-order valence-electron chi connectivity index (χ0n) is 11.8. The van der Waals surface area contributed by atoms with Crippen molar-refractivity contribution in [3.63, 3.8) is 0 Å². The quantitative estimate of drug-likeness (QED) is 0.872. The van der Waals surface area contributed by atoms with Crippen LogP contribution in [0.2, 0.25) is 0 Å². The average Bonchev–Trinajstić information content (AvgIpc) is 2.41. The van der Waals surface area contributed by atoms with Crippen molar-refractivity contribution in [3.05, 3.63) is 35.4 Å². The van der Waals surface area contributed by atoms with Gasteiger partial charge in [0.15, 0.2) is 0 Å². The number of amides is 2. The van der Waals surface area contributed by atoms with Crippen LogP contribution in [0.15, 0.2) is 24.3 Å². The number of rotatable bonds is 3. The van der Waals surface area contributed by atoms with E-state index in [1.165, 1.54) is 11.1 Å². The van der Waals surface area contributed by atoms with E-state index in [-0.39, 0.29) is 6.03 Å². The summed E-state index contributed by atoms with van der Waals surface area (Å²) in [6.45, 7) is 5.22. The summed E-state index contributed by atoms with van der Waals surface area (Å²) in [4.78, 5) is 13.7. The molecular weight excluding hydrogens is 238 g/mol. The minimum atomic E-state index is -0.0721. The van der Waals surface area contributed by atoms with Crippen LogP contribution in [-0.4, -0.2) is 37.1 Å². The third-order valence-corrected chi connectivity index (χ3v) is 3.64. The normalized spacial score (nSPS) is 17.2. The summed E-state index contributed by atoms with van der Waals surface area (Å²) >= 11 is 0. The first-order valence-electron chi connectivity index (χ1n) is 6.93. The maximum Gasteiger partial charge on any atom is 0.314 e. The Morgan fingerprint density at radius 3 is 2.74 bits per heavy atom. The molecule has 1 saturated heterocycles. The lowest BCUT2D eigenvalue weighted by molar-refractivity contribution is 0.187. The van der Waals surface area contributed by atoms with Crippen molar-refractivity contribution < 1.29 is 4.79 Å². The highest BCUT2D eigenvalue weighted by Crippen LogP contribution is 2.14. The fourth-order valence-corrected chi connectivity index (χ4v) is 2.56. The predicted molar refractivity (Wildman–Crippen MR) is 77.1 cm³/mol. The summed E-state index contributed by atoms with van der Waals surface area (Å²) in [5, 5.41) is 5.59. The van der Waals surface area contributed by atoms with E-state index in [2.05, 4.69) is 46.7 Å². The molecule has 1 aliphatic heterocycles. The maximum atomic E-state index is 11.3. The van der Waals surface area contributed by atoms with Crippen LogP contribution in [0.25, 0.3) is 0 Å². The molecule has 0 radical (unpaired) electrons. The van der Waals surface area contributed by atoms with Gasteiger partial charge in [-0.1, -0.05) is 29.8 Å². The zero-order valence-corrected chi connectivity index (χ0v) is 11.8. The van der Waals surface area contributed by atoms with Crippen LogP contribution in [0.3, 0.4) is 0 Å². The van der Waals surface area contributed by atoms with Gasteiger partial charge in [-0.25, -0.2) is 4.79 Å². The largest absolute Gasteiger partial charge is 0.341 e. The van der Waals surface area contributed by atoms with Crippen LogP contribution >= 0.6 is 0 Å². The van der Waals surface area contributed by atoms with Crippen LogP contribution < -0.4 is 10.6 Å². The number of carbonyl (C=O) groups is 1. The number of nitrogens with zero attached hydrogens (tertiary/aromatic N) is 1. The number of aryl methyl sites for hydroxylation is 1. The minimum absolute atomic E-state index is 0.0721. The standard InChI is InChI=1S/C15H23N3O/c1-12-4-3-5-13(10-12)11-18-8-6-14(7-9-18)17-15(19)16-2/h3-5,10,14H,6-9,11H2,1-2H3,(H2,16,17,19). The molecule has 1 aromatic rings. The molecule has 0 bridgehead atoms. The maximum absolute atomic E-state index is 11.3. The highest BCUT2D eigenvalue weighted by molar-refractivity contribution is 5.73. The molecule has 2 rings (SSSR count). The van der Waals surface area contributed by atoms with E-state index in [0.717, 1.165) is 32.5 Å². The van der Waals surface area contributed by atoms with Gasteiger partial charge in [0.05, 0.1) is 0 Å². The van der Waals surface area contributed by atoms with Crippen molar-refractivity contribution in [2.24, 2.45) is 0 Å². The van der Waals surface area contributed by atoms with Gasteiger partial charge >= 0.3 is 6.03 Å². The molecule has 2 N–H and O–H groups in total. The van der Waals surface area contributed by atoms with Crippen LogP contribution in [0.5, 0.6) is 0 Å². The molecule has 1 fully saturated rings. The van der Waals surface area contributed by atoms with Gasteiger partial charge < -0.3 is 10.6 Å². The van der Waals surface area contributed by atoms with E-state index >= 15 is 0 Å². The molecule has 104 valence electrons. The minimum Gasteiger partial charge on any atom is -0.341 e. The fraction of sp³-hybridized carbons (Fsp3) is 0.533. The van der Waals surface area contributed by atoms with Gasteiger partial charge in [-0.2, -0.15) is 0 Å². The molecule has 0 aromatic heterocycles. The number of hydrogen-bond donors (Lipinski definition) is 2. The first kappa shape index (κ1) is 13.9. The Labute approximate surface area is 115 Å². The predicted octanol–water partition coefficient (Wildman–Crippen LogP) is 1.89. The van der Waals surface area contributed by atoms with E-state index < -0.39 is 0 Å². The number of urea groups is 1. The molecule has 0 atom stereocenters. The van der Waals surface area contributed by atoms with Gasteiger partial charge in [0, 0.05) is 32.7 Å². The van der Waals surface area contributed by atoms with E-state index in [0.29, 0.717) is 6.04 Å². The van der Waals surface area contributed by atoms with Crippen LogP contribution in [0.4, 0.5) is 4.79 Å². The number of piperidine rings is 1. The molecule has 1 aromatic carbocycles. The molecule has 0 unspecified atom stereocenters. The second-order valence-electron chi connectivity index (χ2n) is 5.26. The summed E-state index contributed by atoms with van der Waals surface area (Å²) in [6, 6.07) is 8.91. The van der Waals surface area contributed by atoms with Crippen molar-refractivity contribution in [2.45, 2.75) is 32.4 Å². The Hall–Kier alpha value is -1.55. The SMILES string of the molecule is CNC(=O)NC1CCN(Cc2cccc(C)c2)CC1. The molecular formula is C15H23N3O. The van der Waals surface area contributed by atoms with Crippen molar-refractivity contribution >= 4 is 6.03 Å². The number of benzene rings is 1. The smallest absolute Gasteiger partial charge is 0.314 e. The Kier molecular flexibility index (Phi) is 4.80. The summed E-state index contributed by atoms with van der Waals surface area (Å²) in [5.41, 5.74) is 2.69. The fourth-order valence-electron chi connectivity index (χ4n) is 2.56. The monoisotopic (exact) mass is 261 g/mol. The average molecular weight is 261 g/mol. The summed E-state index contributed by atoms with van der Waals surface area (Å²) in [5.74, 6) is 0. The van der Waals surface area contributed by atoms with E-state index in [1.54, 1.807) is 7.05 Å². The number of likely N-dealkylation sites (tertiary alicyclic amines) is 1. The molecule has 1 heterocycles. The molecule has 0 saturated carbocycles. The van der Waals surface area contributed by atoms with Gasteiger partial charge in [-0.3, -0.25) is 4.90 Å². The van der Waals surface area contributed by atoms with Gasteiger partial charge in [-0.05, 0) is 25.3 Å². The van der Waals surface area contributed by atoms with Crippen molar-refractivity contribution in [3.8, 4) is 0 Å². The van der Waals surface area contributed by atoms with Crippen molar-refractivity contribution in [2.75, 3.05) is 20.1 Å². The molecule has 0 aliphatic carbocycles. The highest BCUT2D eigenvalue weighted by Gasteiger charge is 2.20. The molecule has 19 heavy (non-hydrogen) atoms. The molecule has 4 heteroatoms. The number of hydrogen-bond acceptors (Lipinski definition) is 2.